The first-order chi connectivity index (χ1) is 13.2. The maximum Gasteiger partial charge on any atom is 0.297 e. The number of aliphatic hydroxyl groups is 2. The van der Waals surface area contributed by atoms with Gasteiger partial charge in [-0.2, -0.15) is 8.42 Å². The number of ether oxygens (including phenoxy) is 1. The van der Waals surface area contributed by atoms with E-state index in [1.165, 1.54) is 36.4 Å². The lowest BCUT2D eigenvalue weighted by atomic mass is 10.0. The fraction of sp³-hybridized carbons (Fsp3) is 0.333. The number of hydrogen-bond donors (Lipinski definition) is 2. The molecule has 4 atom stereocenters. The van der Waals surface area contributed by atoms with Gasteiger partial charge in [0.2, 0.25) is 0 Å². The minimum absolute atomic E-state index is 0.0296. The van der Waals surface area contributed by atoms with Crippen LogP contribution >= 0.6 is 0 Å². The zero-order valence-electron chi connectivity index (χ0n) is 14.8. The third-order valence-electron chi connectivity index (χ3n) is 4.49. The summed E-state index contributed by atoms with van der Waals surface area (Å²) in [5.74, 6) is 0. The van der Waals surface area contributed by atoms with Gasteiger partial charge in [0.05, 0.1) is 16.4 Å². The number of nitro groups is 1. The Bertz CT molecular complexity index is 943. The summed E-state index contributed by atoms with van der Waals surface area (Å²) in [5, 5.41) is 31.1. The normalized spacial score (nSPS) is 25.0. The molecule has 1 saturated heterocycles. The standard InChI is InChI=1S/C18H19NO8S/c1-11-2-8-14(9-3-11)28(24,25)26-10-15-16(20)17(21)18(27-15)12-4-6-13(7-5-12)19(22)23/h2-9,15-18,20-21H,10H2,1H3. The zero-order chi connectivity index (χ0) is 20.5. The molecule has 150 valence electrons. The third kappa shape index (κ3) is 4.21. The Hall–Kier alpha value is -2.37. The molecule has 1 fully saturated rings. The molecule has 0 spiro atoms. The molecular weight excluding hydrogens is 390 g/mol. The average molecular weight is 409 g/mol. The number of hydrogen-bond acceptors (Lipinski definition) is 8. The van der Waals surface area contributed by atoms with Crippen molar-refractivity contribution in [1.29, 1.82) is 0 Å². The molecule has 10 heteroatoms. The summed E-state index contributed by atoms with van der Waals surface area (Å²) in [6, 6.07) is 11.4. The van der Waals surface area contributed by atoms with E-state index >= 15 is 0 Å². The van der Waals surface area contributed by atoms with Crippen LogP contribution in [0.25, 0.3) is 0 Å². The largest absolute Gasteiger partial charge is 0.387 e. The van der Waals surface area contributed by atoms with Gasteiger partial charge in [-0.05, 0) is 36.8 Å². The molecular formula is C18H19NO8S. The smallest absolute Gasteiger partial charge is 0.297 e. The Labute approximate surface area is 161 Å². The van der Waals surface area contributed by atoms with Crippen molar-refractivity contribution < 1.29 is 32.5 Å². The number of rotatable bonds is 6. The van der Waals surface area contributed by atoms with Crippen LogP contribution in [0.5, 0.6) is 0 Å². The van der Waals surface area contributed by atoms with Crippen LogP contribution in [-0.4, -0.2) is 48.5 Å². The molecule has 1 aliphatic heterocycles. The Balaban J connectivity index is 1.68. The van der Waals surface area contributed by atoms with E-state index in [0.717, 1.165) is 5.56 Å². The maximum atomic E-state index is 12.3. The summed E-state index contributed by atoms with van der Waals surface area (Å²) >= 11 is 0. The van der Waals surface area contributed by atoms with E-state index in [-0.39, 0.29) is 10.6 Å². The van der Waals surface area contributed by atoms with E-state index in [4.69, 9.17) is 8.92 Å². The minimum atomic E-state index is -4.05. The quantitative estimate of drug-likeness (QED) is 0.416. The van der Waals surface area contributed by atoms with Crippen molar-refractivity contribution >= 4 is 15.8 Å². The molecule has 4 unspecified atom stereocenters. The fourth-order valence-corrected chi connectivity index (χ4v) is 3.80. The first-order valence-electron chi connectivity index (χ1n) is 8.41. The molecule has 28 heavy (non-hydrogen) atoms. The van der Waals surface area contributed by atoms with E-state index in [2.05, 4.69) is 0 Å². The lowest BCUT2D eigenvalue weighted by Gasteiger charge is -2.15. The van der Waals surface area contributed by atoms with Crippen LogP contribution in [0, 0.1) is 17.0 Å². The summed E-state index contributed by atoms with van der Waals surface area (Å²) in [6.07, 6.45) is -4.77. The highest BCUT2D eigenvalue weighted by Gasteiger charge is 2.44. The topological polar surface area (TPSA) is 136 Å². The Morgan fingerprint density at radius 3 is 2.25 bits per heavy atom. The van der Waals surface area contributed by atoms with Crippen molar-refractivity contribution in [2.45, 2.75) is 36.2 Å². The average Bonchev–Trinajstić information content (AvgIpc) is 2.95. The number of non-ortho nitro benzene ring substituents is 1. The molecule has 3 rings (SSSR count). The first kappa shape index (κ1) is 20.4. The fourth-order valence-electron chi connectivity index (χ4n) is 2.88. The molecule has 0 bridgehead atoms. The molecule has 0 radical (unpaired) electrons. The van der Waals surface area contributed by atoms with Crippen LogP contribution in [0.15, 0.2) is 53.4 Å². The van der Waals surface area contributed by atoms with Gasteiger partial charge < -0.3 is 14.9 Å². The van der Waals surface area contributed by atoms with E-state index in [9.17, 15) is 28.7 Å². The van der Waals surface area contributed by atoms with Gasteiger partial charge in [0, 0.05) is 12.1 Å². The van der Waals surface area contributed by atoms with Gasteiger partial charge >= 0.3 is 0 Å². The summed E-state index contributed by atoms with van der Waals surface area (Å²) in [4.78, 5) is 10.1. The Kier molecular flexibility index (Phi) is 5.77. The molecule has 1 heterocycles. The van der Waals surface area contributed by atoms with Crippen molar-refractivity contribution in [1.82, 2.24) is 0 Å². The van der Waals surface area contributed by atoms with E-state index in [0.29, 0.717) is 5.56 Å². The van der Waals surface area contributed by atoms with Crippen molar-refractivity contribution in [3.63, 3.8) is 0 Å². The molecule has 2 aromatic rings. The molecule has 9 nitrogen and oxygen atoms in total. The molecule has 0 aliphatic carbocycles. The highest BCUT2D eigenvalue weighted by Crippen LogP contribution is 2.34. The van der Waals surface area contributed by atoms with Gasteiger partial charge in [0.25, 0.3) is 15.8 Å². The highest BCUT2D eigenvalue weighted by molar-refractivity contribution is 7.86. The molecule has 1 aliphatic rings. The SMILES string of the molecule is Cc1ccc(S(=O)(=O)OCC2OC(c3ccc([N+](=O)[O-])cc3)C(O)C2O)cc1. The second-order valence-corrected chi connectivity index (χ2v) is 8.09. The summed E-state index contributed by atoms with van der Waals surface area (Å²) in [5.41, 5.74) is 1.18. The second-order valence-electron chi connectivity index (χ2n) is 6.48. The van der Waals surface area contributed by atoms with Crippen LogP contribution < -0.4 is 0 Å². The Morgan fingerprint density at radius 2 is 1.68 bits per heavy atom. The summed E-state index contributed by atoms with van der Waals surface area (Å²) < 4.78 is 35.1. The highest BCUT2D eigenvalue weighted by atomic mass is 32.2. The maximum absolute atomic E-state index is 12.3. The van der Waals surface area contributed by atoms with Crippen molar-refractivity contribution in [2.75, 3.05) is 6.61 Å². The number of nitrogens with zero attached hydrogens (tertiary/aromatic N) is 1. The van der Waals surface area contributed by atoms with Crippen LogP contribution in [-0.2, 0) is 19.0 Å². The zero-order valence-corrected chi connectivity index (χ0v) is 15.7. The van der Waals surface area contributed by atoms with Gasteiger partial charge in [-0.3, -0.25) is 14.3 Å². The molecule has 0 amide bonds. The first-order valence-corrected chi connectivity index (χ1v) is 9.82. The lowest BCUT2D eigenvalue weighted by Crippen LogP contribution is -2.34. The van der Waals surface area contributed by atoms with Gasteiger partial charge in [-0.15, -0.1) is 0 Å². The second kappa shape index (κ2) is 7.94. The predicted molar refractivity (Wildman–Crippen MR) is 97.0 cm³/mol. The van der Waals surface area contributed by atoms with Gasteiger partial charge in [0.1, 0.15) is 24.4 Å². The molecule has 0 aromatic heterocycles. The monoisotopic (exact) mass is 409 g/mol. The summed E-state index contributed by atoms with van der Waals surface area (Å²) in [7, 11) is -4.05. The minimum Gasteiger partial charge on any atom is -0.387 e. The van der Waals surface area contributed by atoms with Gasteiger partial charge in [0.15, 0.2) is 0 Å². The number of aryl methyl sites for hydroxylation is 1. The van der Waals surface area contributed by atoms with E-state index < -0.39 is 46.1 Å². The summed E-state index contributed by atoms with van der Waals surface area (Å²) in [6.45, 7) is 1.33. The van der Waals surface area contributed by atoms with E-state index in [1.54, 1.807) is 12.1 Å². The molecule has 2 aromatic carbocycles. The van der Waals surface area contributed by atoms with Crippen molar-refractivity contribution in [2.24, 2.45) is 0 Å². The Morgan fingerprint density at radius 1 is 1.07 bits per heavy atom. The van der Waals surface area contributed by atoms with Crippen LogP contribution in [0.4, 0.5) is 5.69 Å². The van der Waals surface area contributed by atoms with Crippen molar-refractivity contribution in [3.8, 4) is 0 Å². The molecule has 0 saturated carbocycles. The van der Waals surface area contributed by atoms with Gasteiger partial charge in [-0.25, -0.2) is 0 Å². The van der Waals surface area contributed by atoms with Gasteiger partial charge in [-0.1, -0.05) is 17.7 Å². The van der Waals surface area contributed by atoms with E-state index in [1.807, 2.05) is 6.92 Å². The van der Waals surface area contributed by atoms with Crippen LogP contribution in [0.1, 0.15) is 17.2 Å². The number of nitro benzene ring substituents is 1. The van der Waals surface area contributed by atoms with Crippen molar-refractivity contribution in [3.05, 3.63) is 69.8 Å². The predicted octanol–water partition coefficient (Wildman–Crippen LogP) is 1.47. The lowest BCUT2D eigenvalue weighted by molar-refractivity contribution is -0.384. The number of aliphatic hydroxyl groups excluding tert-OH is 2. The third-order valence-corrected chi connectivity index (χ3v) is 5.79. The van der Waals surface area contributed by atoms with Crippen LogP contribution in [0.3, 0.4) is 0 Å². The molecule has 2 N–H and O–H groups in total. The number of benzene rings is 2. The van der Waals surface area contributed by atoms with Crippen LogP contribution in [0.2, 0.25) is 0 Å².